The number of aromatic nitrogens is 2. The van der Waals surface area contributed by atoms with Crippen molar-refractivity contribution in [2.24, 2.45) is 5.92 Å². The average Bonchev–Trinajstić information content (AvgIpc) is 3.90. The van der Waals surface area contributed by atoms with Crippen LogP contribution in [0.25, 0.3) is 63.5 Å². The molecule has 0 aliphatic carbocycles. The number of nitrogens with zero attached hydrogens (tertiary/aromatic N) is 5. The number of rotatable bonds is 10. The lowest BCUT2D eigenvalue weighted by molar-refractivity contribution is 0.147. The van der Waals surface area contributed by atoms with E-state index in [2.05, 4.69) is 28.7 Å². The van der Waals surface area contributed by atoms with Crippen LogP contribution in [0.15, 0.2) is 91.4 Å². The quantitative estimate of drug-likeness (QED) is 0.136. The van der Waals surface area contributed by atoms with E-state index < -0.39 is 0 Å². The highest BCUT2D eigenvalue weighted by Gasteiger charge is 2.27. The summed E-state index contributed by atoms with van der Waals surface area (Å²) in [6.45, 7) is 8.44. The lowest BCUT2D eigenvalue weighted by Crippen LogP contribution is -2.43. The molecule has 2 fully saturated rings. The predicted molar refractivity (Wildman–Crippen MR) is 244 cm³/mol. The molecule has 11 nitrogen and oxygen atoms in total. The topological polar surface area (TPSA) is 136 Å². The number of likely N-dealkylation sites (N-methyl/N-ethyl adjacent to an activating group) is 1. The second kappa shape index (κ2) is 16.4. The van der Waals surface area contributed by atoms with Gasteiger partial charge in [-0.1, -0.05) is 31.2 Å². The molecule has 2 aliphatic rings. The summed E-state index contributed by atoms with van der Waals surface area (Å²) in [5.74, 6) is 1.32. The van der Waals surface area contributed by atoms with Crippen molar-refractivity contribution in [3.63, 3.8) is 0 Å². The zero-order valence-corrected chi connectivity index (χ0v) is 35.9. The number of hydrogen-bond donors (Lipinski definition) is 2. The Morgan fingerprint density at radius 1 is 0.738 bits per heavy atom. The van der Waals surface area contributed by atoms with E-state index in [1.54, 1.807) is 18.2 Å². The molecule has 8 aromatic rings. The third kappa shape index (κ3) is 7.63. The maximum atomic E-state index is 14.7. The number of aryl methyl sites for hydroxylation is 2. The van der Waals surface area contributed by atoms with Crippen molar-refractivity contribution in [1.82, 2.24) is 24.7 Å². The zero-order chi connectivity index (χ0) is 41.8. The molecule has 0 amide bonds. The number of piperazine rings is 1. The molecular weight excluding hydrogens is 807 g/mol. The molecule has 0 spiro atoms. The van der Waals surface area contributed by atoms with Gasteiger partial charge in [0.05, 0.1) is 53.5 Å². The fraction of sp³-hybridized carbons (Fsp3) is 0.333. The van der Waals surface area contributed by atoms with Crippen molar-refractivity contribution in [3.05, 3.63) is 116 Å². The molecule has 0 atom stereocenters. The summed E-state index contributed by atoms with van der Waals surface area (Å²) in [5, 5.41) is 25.3. The molecule has 4 aromatic carbocycles. The van der Waals surface area contributed by atoms with Gasteiger partial charge in [0.15, 0.2) is 0 Å². The van der Waals surface area contributed by atoms with E-state index >= 15 is 0 Å². The van der Waals surface area contributed by atoms with E-state index in [9.17, 15) is 19.8 Å². The lowest BCUT2D eigenvalue weighted by Gasteiger charge is -2.32. The fourth-order valence-corrected chi connectivity index (χ4v) is 10.8. The van der Waals surface area contributed by atoms with E-state index in [0.29, 0.717) is 104 Å². The molecule has 6 heterocycles. The summed E-state index contributed by atoms with van der Waals surface area (Å²) >= 11 is 2.90. The molecular formula is C48H47N5O6S2. The van der Waals surface area contributed by atoms with Crippen molar-refractivity contribution in [3.8, 4) is 32.6 Å². The van der Waals surface area contributed by atoms with Crippen molar-refractivity contribution < 1.29 is 19.0 Å². The number of benzene rings is 4. The molecule has 0 unspecified atom stereocenters. The molecule has 4 aromatic heterocycles. The Kier molecular flexibility index (Phi) is 10.7. The minimum absolute atomic E-state index is 0.0918. The maximum Gasteiger partial charge on any atom is 0.203 e. The Morgan fingerprint density at radius 2 is 1.39 bits per heavy atom. The Morgan fingerprint density at radius 3 is 2.11 bits per heavy atom. The summed E-state index contributed by atoms with van der Waals surface area (Å²) in [6.07, 6.45) is 4.84. The highest BCUT2D eigenvalue weighted by atomic mass is 32.1. The summed E-state index contributed by atoms with van der Waals surface area (Å²) < 4.78 is 15.1. The average molecular weight is 854 g/mol. The Labute approximate surface area is 360 Å². The number of likely N-dealkylation sites (tertiary alicyclic amines) is 1. The van der Waals surface area contributed by atoms with Crippen LogP contribution in [0, 0.1) is 5.92 Å². The van der Waals surface area contributed by atoms with Crippen LogP contribution in [0.4, 0.5) is 0 Å². The van der Waals surface area contributed by atoms with Crippen LogP contribution in [0.5, 0.6) is 11.5 Å². The van der Waals surface area contributed by atoms with Gasteiger partial charge in [-0.25, -0.2) is 9.97 Å². The van der Waals surface area contributed by atoms with Gasteiger partial charge in [-0.15, -0.1) is 22.7 Å². The van der Waals surface area contributed by atoms with Crippen molar-refractivity contribution in [2.75, 3.05) is 46.3 Å². The van der Waals surface area contributed by atoms with Crippen molar-refractivity contribution >= 4 is 65.0 Å². The zero-order valence-electron chi connectivity index (χ0n) is 34.3. The molecule has 13 heteroatoms. The van der Waals surface area contributed by atoms with Gasteiger partial charge in [0.25, 0.3) is 0 Å². The third-order valence-electron chi connectivity index (χ3n) is 12.5. The number of aromatic hydroxyl groups is 2. The number of thiazole rings is 2. The Bertz CT molecular complexity index is 3000. The van der Waals surface area contributed by atoms with E-state index in [0.717, 1.165) is 72.5 Å². The monoisotopic (exact) mass is 853 g/mol. The van der Waals surface area contributed by atoms with Crippen LogP contribution in [0.3, 0.4) is 0 Å². The van der Waals surface area contributed by atoms with E-state index in [1.807, 2.05) is 48.5 Å². The normalized spacial score (nSPS) is 16.2. The van der Waals surface area contributed by atoms with Crippen LogP contribution < -0.4 is 10.9 Å². The Balaban J connectivity index is 1.05. The van der Waals surface area contributed by atoms with Gasteiger partial charge in [-0.2, -0.15) is 0 Å². The van der Waals surface area contributed by atoms with Crippen molar-refractivity contribution in [2.45, 2.75) is 52.1 Å². The molecule has 0 radical (unpaired) electrons. The number of para-hydroxylation sites is 2. The van der Waals surface area contributed by atoms with Crippen LogP contribution in [-0.2, 0) is 25.9 Å². The van der Waals surface area contributed by atoms with Crippen LogP contribution >= 0.6 is 22.7 Å². The highest BCUT2D eigenvalue weighted by Crippen LogP contribution is 2.38. The largest absolute Gasteiger partial charge is 0.507 e. The maximum absolute atomic E-state index is 14.7. The first kappa shape index (κ1) is 39.7. The van der Waals surface area contributed by atoms with Crippen LogP contribution in [-0.4, -0.2) is 81.2 Å². The fourth-order valence-electron chi connectivity index (χ4n) is 8.85. The molecule has 2 aliphatic heterocycles. The SMILES string of the molecule is CC1CCN(Cc2c(O)c(CCCc3oc4c(CN5CCN(C)CC5)c(O)ccc4c(=O)c3-c3nc4ccccc4s3)cc3c(=O)c(-c4nc5ccccc5s4)coc23)CC1. The van der Waals surface area contributed by atoms with E-state index in [1.165, 1.54) is 28.9 Å². The van der Waals surface area contributed by atoms with E-state index in [-0.39, 0.29) is 22.4 Å². The summed E-state index contributed by atoms with van der Waals surface area (Å²) in [7, 11) is 2.10. The van der Waals surface area contributed by atoms with Gasteiger partial charge < -0.3 is 23.9 Å². The van der Waals surface area contributed by atoms with E-state index in [4.69, 9.17) is 18.8 Å². The van der Waals surface area contributed by atoms with Crippen molar-refractivity contribution in [1.29, 1.82) is 0 Å². The first-order valence-corrected chi connectivity index (χ1v) is 22.8. The van der Waals surface area contributed by atoms with Gasteiger partial charge in [0, 0.05) is 45.7 Å². The Hall–Kier alpha value is -5.44. The smallest absolute Gasteiger partial charge is 0.203 e. The number of hydrogen-bond acceptors (Lipinski definition) is 13. The summed E-state index contributed by atoms with van der Waals surface area (Å²) in [5.41, 5.74) is 4.63. The third-order valence-corrected chi connectivity index (χ3v) is 14.7. The molecule has 0 bridgehead atoms. The number of phenolic OH excluding ortho intramolecular Hbond substituents is 2. The molecule has 0 saturated carbocycles. The minimum Gasteiger partial charge on any atom is -0.507 e. The van der Waals surface area contributed by atoms with Gasteiger partial charge in [0.1, 0.15) is 44.7 Å². The molecule has 61 heavy (non-hydrogen) atoms. The van der Waals surface area contributed by atoms with Crippen LogP contribution in [0.2, 0.25) is 0 Å². The molecule has 312 valence electrons. The second-order valence-electron chi connectivity index (χ2n) is 16.8. The second-order valence-corrected chi connectivity index (χ2v) is 18.8. The predicted octanol–water partition coefficient (Wildman–Crippen LogP) is 9.02. The molecule has 2 saturated heterocycles. The first-order chi connectivity index (χ1) is 29.7. The van der Waals surface area contributed by atoms with Gasteiger partial charge in [0.2, 0.25) is 10.9 Å². The highest BCUT2D eigenvalue weighted by molar-refractivity contribution is 7.22. The summed E-state index contributed by atoms with van der Waals surface area (Å²) in [6, 6.07) is 20.6. The standard InChI is InChI=1S/C48H47N5O6S2/c1-28-16-18-52(19-17-28)26-33-42(55)29(24-31-43(56)34(27-58-45(31)33)47-49-35-9-3-5-12-39(35)60-47)8-7-11-38-41(48-50-36-10-4-6-13-40(36)61-48)44(57)30-14-15-37(54)32(46(30)59-38)25-53-22-20-51(2)21-23-53/h3-6,9-10,12-15,24,27-28,54-55H,7-8,11,16-23,25-26H2,1-2H3. The number of piperidine rings is 1. The number of phenols is 2. The minimum atomic E-state index is -0.193. The van der Waals surface area contributed by atoms with Crippen LogP contribution in [0.1, 0.15) is 48.6 Å². The summed E-state index contributed by atoms with van der Waals surface area (Å²) in [4.78, 5) is 45.6. The molecule has 2 N–H and O–H groups in total. The van der Waals surface area contributed by atoms with Gasteiger partial charge in [-0.3, -0.25) is 19.4 Å². The lowest BCUT2D eigenvalue weighted by atomic mass is 9.96. The molecule has 10 rings (SSSR count). The van der Waals surface area contributed by atoms with Gasteiger partial charge in [-0.05, 0) is 99.8 Å². The van der Waals surface area contributed by atoms with Gasteiger partial charge >= 0.3 is 0 Å². The number of fused-ring (bicyclic) bond motifs is 4. The first-order valence-electron chi connectivity index (χ1n) is 21.1.